The smallest absolute Gasteiger partial charge is 0.313 e. The van der Waals surface area contributed by atoms with E-state index in [4.69, 9.17) is 28.4 Å². The number of ether oxygens (including phenoxy) is 6. The molecule has 354 valence electrons. The lowest BCUT2D eigenvalue weighted by Gasteiger charge is -2.28. The van der Waals surface area contributed by atoms with Crippen LogP contribution in [0.3, 0.4) is 0 Å². The SMILES string of the molecule is CCCCCCCCCCOC(=O)C(CCC(CCC(C)(CC)C(=O)OCCOC(=O)CC(C)=O)C(=O)OCCOc1ccccc1)CC(CC)C(=O)OCCCCCCCC. The standard InChI is InChI=1S/C50H82O12/c1-7-11-13-15-17-18-20-25-33-60-48(55)43(39-41(9-3)46(53)59-32-24-19-16-14-12-8-2)29-28-42(47(54)61-36-34-57-44-26-22-21-23-27-44)30-31-50(6,10-4)49(56)62-37-35-58-45(52)38-40(5)51/h21-23,26-27,41-43H,7-20,24-25,28-39H2,1-6H3. The average molecular weight is 875 g/mol. The number of Topliss-reactive ketones (excluding diaryl/α,β-unsaturated/α-hetero) is 1. The predicted molar refractivity (Wildman–Crippen MR) is 240 cm³/mol. The number of ketones is 1. The maximum Gasteiger partial charge on any atom is 0.313 e. The van der Waals surface area contributed by atoms with Crippen molar-refractivity contribution < 1.29 is 57.2 Å². The van der Waals surface area contributed by atoms with E-state index in [2.05, 4.69) is 13.8 Å². The minimum Gasteiger partial charge on any atom is -0.490 e. The van der Waals surface area contributed by atoms with Crippen molar-refractivity contribution in [3.8, 4) is 5.75 Å². The first-order valence-electron chi connectivity index (χ1n) is 23.9. The molecule has 0 aliphatic carbocycles. The molecular weight excluding hydrogens is 793 g/mol. The van der Waals surface area contributed by atoms with Gasteiger partial charge < -0.3 is 28.4 Å². The van der Waals surface area contributed by atoms with Gasteiger partial charge in [-0.15, -0.1) is 0 Å². The molecule has 12 heteroatoms. The van der Waals surface area contributed by atoms with Crippen LogP contribution < -0.4 is 4.74 Å². The van der Waals surface area contributed by atoms with Crippen LogP contribution in [0.1, 0.15) is 183 Å². The van der Waals surface area contributed by atoms with Gasteiger partial charge in [0.2, 0.25) is 0 Å². The van der Waals surface area contributed by atoms with Crippen LogP contribution in [0.5, 0.6) is 5.75 Å². The van der Waals surface area contributed by atoms with E-state index in [9.17, 15) is 28.8 Å². The summed E-state index contributed by atoms with van der Waals surface area (Å²) in [5.74, 6) is -3.87. The Labute approximate surface area is 373 Å². The molecule has 1 rings (SSSR count). The number of unbranched alkanes of at least 4 members (excludes halogenated alkanes) is 12. The van der Waals surface area contributed by atoms with E-state index in [0.717, 1.165) is 44.9 Å². The third-order valence-corrected chi connectivity index (χ3v) is 11.5. The van der Waals surface area contributed by atoms with E-state index >= 15 is 0 Å². The van der Waals surface area contributed by atoms with Gasteiger partial charge in [0.15, 0.2) is 0 Å². The number of carbonyl (C=O) groups excluding carboxylic acids is 6. The second-order valence-corrected chi connectivity index (χ2v) is 16.9. The number of esters is 5. The summed E-state index contributed by atoms with van der Waals surface area (Å²) in [6.45, 7) is 11.6. The Morgan fingerprint density at radius 3 is 1.56 bits per heavy atom. The zero-order chi connectivity index (χ0) is 45.9. The number of para-hydroxylation sites is 1. The number of benzene rings is 1. The normalized spacial score (nSPS) is 13.5. The summed E-state index contributed by atoms with van der Waals surface area (Å²) in [6, 6.07) is 9.21. The van der Waals surface area contributed by atoms with Gasteiger partial charge in [-0.2, -0.15) is 0 Å². The van der Waals surface area contributed by atoms with Crippen LogP contribution in [0.25, 0.3) is 0 Å². The fourth-order valence-corrected chi connectivity index (χ4v) is 7.16. The molecule has 0 spiro atoms. The van der Waals surface area contributed by atoms with Gasteiger partial charge in [-0.1, -0.05) is 123 Å². The lowest BCUT2D eigenvalue weighted by atomic mass is 9.79. The molecule has 0 fully saturated rings. The van der Waals surface area contributed by atoms with Crippen molar-refractivity contribution in [1.29, 1.82) is 0 Å². The summed E-state index contributed by atoms with van der Waals surface area (Å²) in [7, 11) is 0. The molecule has 4 atom stereocenters. The van der Waals surface area contributed by atoms with Gasteiger partial charge in [-0.25, -0.2) is 0 Å². The Morgan fingerprint density at radius 2 is 1.02 bits per heavy atom. The van der Waals surface area contributed by atoms with Gasteiger partial charge in [0, 0.05) is 0 Å². The zero-order valence-corrected chi connectivity index (χ0v) is 39.3. The van der Waals surface area contributed by atoms with Crippen molar-refractivity contribution in [3.63, 3.8) is 0 Å². The largest absolute Gasteiger partial charge is 0.490 e. The molecule has 0 aliphatic heterocycles. The highest BCUT2D eigenvalue weighted by Crippen LogP contribution is 2.34. The molecule has 0 heterocycles. The molecule has 0 amide bonds. The van der Waals surface area contributed by atoms with Crippen LogP contribution in [0, 0.1) is 23.2 Å². The lowest BCUT2D eigenvalue weighted by Crippen LogP contribution is -2.32. The van der Waals surface area contributed by atoms with Crippen LogP contribution in [0.2, 0.25) is 0 Å². The first-order chi connectivity index (χ1) is 29.9. The highest BCUT2D eigenvalue weighted by atomic mass is 16.6. The molecule has 0 radical (unpaired) electrons. The molecule has 0 aliphatic rings. The average Bonchev–Trinajstić information content (AvgIpc) is 3.26. The Kier molecular flexibility index (Phi) is 32.1. The monoisotopic (exact) mass is 875 g/mol. The van der Waals surface area contributed by atoms with Crippen LogP contribution in [-0.2, 0) is 52.5 Å². The summed E-state index contributed by atoms with van der Waals surface area (Å²) in [6.07, 6.45) is 17.2. The Hall–Kier alpha value is -3.96. The van der Waals surface area contributed by atoms with E-state index in [1.165, 1.54) is 51.9 Å². The third-order valence-electron chi connectivity index (χ3n) is 11.5. The second kappa shape index (κ2) is 35.5. The lowest BCUT2D eigenvalue weighted by molar-refractivity contribution is -0.161. The maximum absolute atomic E-state index is 13.8. The highest BCUT2D eigenvalue weighted by molar-refractivity contribution is 5.94. The third kappa shape index (κ3) is 26.5. The van der Waals surface area contributed by atoms with Crippen LogP contribution in [0.15, 0.2) is 30.3 Å². The second-order valence-electron chi connectivity index (χ2n) is 16.9. The molecule has 4 unspecified atom stereocenters. The summed E-state index contributed by atoms with van der Waals surface area (Å²) in [5, 5.41) is 0. The topological polar surface area (TPSA) is 158 Å². The summed E-state index contributed by atoms with van der Waals surface area (Å²) in [4.78, 5) is 77.2. The van der Waals surface area contributed by atoms with E-state index in [1.54, 1.807) is 6.92 Å². The molecule has 0 N–H and O–H groups in total. The molecule has 0 saturated heterocycles. The van der Waals surface area contributed by atoms with Crippen molar-refractivity contribution in [2.24, 2.45) is 23.2 Å². The zero-order valence-electron chi connectivity index (χ0n) is 39.3. The fourth-order valence-electron chi connectivity index (χ4n) is 7.16. The van der Waals surface area contributed by atoms with Crippen LogP contribution >= 0.6 is 0 Å². The minimum absolute atomic E-state index is 0.00604. The van der Waals surface area contributed by atoms with Gasteiger partial charge >= 0.3 is 29.8 Å². The molecule has 62 heavy (non-hydrogen) atoms. The van der Waals surface area contributed by atoms with E-state index in [0.29, 0.717) is 31.8 Å². The fraction of sp³-hybridized carbons (Fsp3) is 0.760. The quantitative estimate of drug-likeness (QED) is 0.0267. The van der Waals surface area contributed by atoms with E-state index < -0.39 is 41.1 Å². The number of carbonyl (C=O) groups is 6. The van der Waals surface area contributed by atoms with E-state index in [1.807, 2.05) is 44.2 Å². The molecule has 0 saturated carbocycles. The summed E-state index contributed by atoms with van der Waals surface area (Å²) < 4.78 is 33.5. The summed E-state index contributed by atoms with van der Waals surface area (Å²) in [5.41, 5.74) is -0.972. The minimum atomic E-state index is -0.972. The highest BCUT2D eigenvalue weighted by Gasteiger charge is 2.36. The Morgan fingerprint density at radius 1 is 0.532 bits per heavy atom. The number of hydrogen-bond donors (Lipinski definition) is 0. The van der Waals surface area contributed by atoms with Gasteiger partial charge in [-0.05, 0) is 83.8 Å². The van der Waals surface area contributed by atoms with Gasteiger partial charge in [-0.3, -0.25) is 28.8 Å². The first kappa shape index (κ1) is 56.1. The van der Waals surface area contributed by atoms with Gasteiger partial charge in [0.05, 0.1) is 36.4 Å². The first-order valence-corrected chi connectivity index (χ1v) is 23.9. The Balaban J connectivity index is 3.11. The number of hydrogen-bond acceptors (Lipinski definition) is 12. The van der Waals surface area contributed by atoms with E-state index in [-0.39, 0.29) is 82.7 Å². The maximum atomic E-state index is 13.8. The van der Waals surface area contributed by atoms with Crippen LogP contribution in [-0.4, -0.2) is 75.3 Å². The molecule has 12 nitrogen and oxygen atoms in total. The predicted octanol–water partition coefficient (Wildman–Crippen LogP) is 10.9. The number of rotatable bonds is 39. The molecular formula is C50H82O12. The van der Waals surface area contributed by atoms with Crippen molar-refractivity contribution >= 4 is 35.6 Å². The van der Waals surface area contributed by atoms with Crippen molar-refractivity contribution in [2.45, 2.75) is 183 Å². The van der Waals surface area contributed by atoms with Crippen molar-refractivity contribution in [3.05, 3.63) is 30.3 Å². The van der Waals surface area contributed by atoms with Crippen LogP contribution in [0.4, 0.5) is 0 Å². The van der Waals surface area contributed by atoms with Gasteiger partial charge in [0.1, 0.15) is 44.4 Å². The molecule has 0 bridgehead atoms. The molecule has 0 aromatic heterocycles. The molecule has 1 aromatic rings. The molecule has 1 aromatic carbocycles. The van der Waals surface area contributed by atoms with Crippen molar-refractivity contribution in [2.75, 3.05) is 39.6 Å². The van der Waals surface area contributed by atoms with Gasteiger partial charge in [0.25, 0.3) is 0 Å². The Bertz CT molecular complexity index is 1380. The van der Waals surface area contributed by atoms with Crippen molar-refractivity contribution in [1.82, 2.24) is 0 Å². The summed E-state index contributed by atoms with van der Waals surface area (Å²) >= 11 is 0.